The lowest BCUT2D eigenvalue weighted by atomic mass is 9.95. The van der Waals surface area contributed by atoms with E-state index in [2.05, 4.69) is 9.98 Å². The Hall–Kier alpha value is -3.06. The van der Waals surface area contributed by atoms with Gasteiger partial charge in [0, 0.05) is 28.8 Å². The first-order valence-electron chi connectivity index (χ1n) is 7.46. The Bertz CT molecular complexity index is 1060. The molecule has 0 unspecified atom stereocenters. The lowest BCUT2D eigenvalue weighted by Crippen LogP contribution is -2.24. The SMILES string of the molecule is Cc1cnc2ccc(C(=O)N=C(N)N)cc2c1-c1c(F)cc(F)cc1Cl. The van der Waals surface area contributed by atoms with Gasteiger partial charge in [-0.3, -0.25) is 9.78 Å². The predicted molar refractivity (Wildman–Crippen MR) is 97.0 cm³/mol. The van der Waals surface area contributed by atoms with Crippen LogP contribution < -0.4 is 11.5 Å². The van der Waals surface area contributed by atoms with Crippen LogP contribution in [0.2, 0.25) is 5.02 Å². The van der Waals surface area contributed by atoms with Crippen molar-refractivity contribution in [3.8, 4) is 11.1 Å². The van der Waals surface area contributed by atoms with Gasteiger partial charge in [0.2, 0.25) is 0 Å². The van der Waals surface area contributed by atoms with Crippen molar-refractivity contribution in [2.45, 2.75) is 6.92 Å². The van der Waals surface area contributed by atoms with Crippen molar-refractivity contribution < 1.29 is 13.6 Å². The Kier molecular flexibility index (Phi) is 4.56. The highest BCUT2D eigenvalue weighted by Gasteiger charge is 2.18. The van der Waals surface area contributed by atoms with Crippen LogP contribution >= 0.6 is 11.6 Å². The zero-order valence-electron chi connectivity index (χ0n) is 13.6. The summed E-state index contributed by atoms with van der Waals surface area (Å²) in [6, 6.07) is 6.37. The summed E-state index contributed by atoms with van der Waals surface area (Å²) >= 11 is 6.09. The summed E-state index contributed by atoms with van der Waals surface area (Å²) in [7, 11) is 0. The number of rotatable bonds is 2. The molecule has 0 aliphatic heterocycles. The van der Waals surface area contributed by atoms with Gasteiger partial charge in [0.15, 0.2) is 5.96 Å². The van der Waals surface area contributed by atoms with Gasteiger partial charge in [0.05, 0.1) is 10.5 Å². The van der Waals surface area contributed by atoms with Crippen LogP contribution in [0, 0.1) is 18.6 Å². The van der Waals surface area contributed by atoms with Crippen molar-refractivity contribution in [2.75, 3.05) is 0 Å². The monoisotopic (exact) mass is 374 g/mol. The molecule has 4 N–H and O–H groups in total. The Morgan fingerprint density at radius 1 is 1.15 bits per heavy atom. The number of hydrogen-bond acceptors (Lipinski definition) is 2. The number of guanidine groups is 1. The van der Waals surface area contributed by atoms with Gasteiger partial charge in [-0.2, -0.15) is 4.99 Å². The van der Waals surface area contributed by atoms with Gasteiger partial charge in [-0.25, -0.2) is 8.78 Å². The lowest BCUT2D eigenvalue weighted by Gasteiger charge is -2.13. The Balaban J connectivity index is 2.34. The molecule has 0 saturated heterocycles. The summed E-state index contributed by atoms with van der Waals surface area (Å²) in [4.78, 5) is 19.9. The fourth-order valence-electron chi connectivity index (χ4n) is 2.72. The van der Waals surface area contributed by atoms with E-state index < -0.39 is 17.5 Å². The van der Waals surface area contributed by atoms with Crippen LogP contribution in [0.1, 0.15) is 15.9 Å². The quantitative estimate of drug-likeness (QED) is 0.529. The van der Waals surface area contributed by atoms with E-state index in [9.17, 15) is 13.6 Å². The van der Waals surface area contributed by atoms with Crippen LogP contribution in [-0.4, -0.2) is 16.9 Å². The molecule has 0 fully saturated rings. The van der Waals surface area contributed by atoms with Crippen molar-refractivity contribution >= 4 is 34.4 Å². The number of hydrogen-bond donors (Lipinski definition) is 2. The summed E-state index contributed by atoms with van der Waals surface area (Å²) in [5.41, 5.74) is 12.2. The second-order valence-corrected chi connectivity index (χ2v) is 6.04. The average molecular weight is 375 g/mol. The minimum absolute atomic E-state index is 0.0319. The molecule has 0 radical (unpaired) electrons. The molecular formula is C18H13ClF2N4O. The van der Waals surface area contributed by atoms with Gasteiger partial charge in [0.25, 0.3) is 5.91 Å². The number of aliphatic imine (C=N–C) groups is 1. The second-order valence-electron chi connectivity index (χ2n) is 5.63. The Morgan fingerprint density at radius 3 is 2.54 bits per heavy atom. The number of aryl methyl sites for hydroxylation is 1. The van der Waals surface area contributed by atoms with E-state index in [1.165, 1.54) is 12.1 Å². The van der Waals surface area contributed by atoms with Crippen molar-refractivity contribution in [1.29, 1.82) is 0 Å². The van der Waals surface area contributed by atoms with Crippen LogP contribution in [-0.2, 0) is 0 Å². The molecular weight excluding hydrogens is 362 g/mol. The highest BCUT2D eigenvalue weighted by molar-refractivity contribution is 6.33. The first-order chi connectivity index (χ1) is 12.3. The number of nitrogens with zero attached hydrogens (tertiary/aromatic N) is 2. The average Bonchev–Trinajstić information content (AvgIpc) is 2.54. The highest BCUT2D eigenvalue weighted by Crippen LogP contribution is 2.38. The summed E-state index contributed by atoms with van der Waals surface area (Å²) in [5, 5.41) is 0.383. The maximum atomic E-state index is 14.5. The minimum atomic E-state index is -0.813. The van der Waals surface area contributed by atoms with E-state index in [0.717, 1.165) is 12.1 Å². The topological polar surface area (TPSA) is 94.4 Å². The van der Waals surface area contributed by atoms with Crippen LogP contribution in [0.25, 0.3) is 22.0 Å². The molecule has 2 aromatic carbocycles. The third-order valence-electron chi connectivity index (χ3n) is 3.79. The summed E-state index contributed by atoms with van der Waals surface area (Å²) in [6.45, 7) is 1.71. The van der Waals surface area contributed by atoms with Gasteiger partial charge in [0.1, 0.15) is 11.6 Å². The summed E-state index contributed by atoms with van der Waals surface area (Å²) < 4.78 is 27.9. The van der Waals surface area contributed by atoms with Crippen LogP contribution in [0.4, 0.5) is 8.78 Å². The molecule has 132 valence electrons. The van der Waals surface area contributed by atoms with Crippen LogP contribution in [0.3, 0.4) is 0 Å². The normalized spacial score (nSPS) is 10.8. The van der Waals surface area contributed by atoms with E-state index in [-0.39, 0.29) is 22.1 Å². The van der Waals surface area contributed by atoms with E-state index in [1.54, 1.807) is 19.2 Å². The molecule has 26 heavy (non-hydrogen) atoms. The minimum Gasteiger partial charge on any atom is -0.370 e. The van der Waals surface area contributed by atoms with Gasteiger partial charge < -0.3 is 11.5 Å². The molecule has 3 aromatic rings. The number of carbonyl (C=O) groups is 1. The molecule has 0 bridgehead atoms. The van der Waals surface area contributed by atoms with Crippen molar-refractivity contribution in [3.63, 3.8) is 0 Å². The van der Waals surface area contributed by atoms with Crippen molar-refractivity contribution in [3.05, 3.63) is 64.3 Å². The number of pyridine rings is 1. The fraction of sp³-hybridized carbons (Fsp3) is 0.0556. The molecule has 8 heteroatoms. The molecule has 0 spiro atoms. The Morgan fingerprint density at radius 2 is 1.88 bits per heavy atom. The van der Waals surface area contributed by atoms with E-state index >= 15 is 0 Å². The number of fused-ring (bicyclic) bond motifs is 1. The van der Waals surface area contributed by atoms with Crippen molar-refractivity contribution in [1.82, 2.24) is 4.98 Å². The summed E-state index contributed by atoms with van der Waals surface area (Å²) in [5.74, 6) is -2.61. The van der Waals surface area contributed by atoms with Crippen LogP contribution in [0.15, 0.2) is 41.5 Å². The first kappa shape index (κ1) is 17.8. The van der Waals surface area contributed by atoms with Crippen LogP contribution in [0.5, 0.6) is 0 Å². The number of nitrogens with two attached hydrogens (primary N) is 2. The highest BCUT2D eigenvalue weighted by atomic mass is 35.5. The van der Waals surface area contributed by atoms with Gasteiger partial charge in [-0.05, 0) is 42.3 Å². The largest absolute Gasteiger partial charge is 0.370 e. The third-order valence-corrected chi connectivity index (χ3v) is 4.09. The zero-order chi connectivity index (χ0) is 19.0. The molecule has 1 amide bonds. The number of halogens is 3. The zero-order valence-corrected chi connectivity index (χ0v) is 14.3. The predicted octanol–water partition coefficient (Wildman–Crippen LogP) is 3.56. The van der Waals surface area contributed by atoms with E-state index in [0.29, 0.717) is 22.0 Å². The number of aromatic nitrogens is 1. The van der Waals surface area contributed by atoms with E-state index in [1.807, 2.05) is 0 Å². The standard InChI is InChI=1S/C18H13ClF2N4O/c1-8-7-24-14-3-2-9(17(26)25-18(22)23)4-11(14)15(8)16-12(19)5-10(20)6-13(16)21/h2-7H,1H3,(H4,22,23,25,26). The van der Waals surface area contributed by atoms with Gasteiger partial charge in [-0.15, -0.1) is 0 Å². The molecule has 5 nitrogen and oxygen atoms in total. The number of benzene rings is 2. The molecule has 0 aliphatic rings. The van der Waals surface area contributed by atoms with Gasteiger partial charge >= 0.3 is 0 Å². The molecule has 0 atom stereocenters. The second kappa shape index (κ2) is 6.68. The van der Waals surface area contributed by atoms with Crippen molar-refractivity contribution in [2.24, 2.45) is 16.5 Å². The molecule has 1 heterocycles. The smallest absolute Gasteiger partial charge is 0.280 e. The maximum Gasteiger partial charge on any atom is 0.280 e. The third kappa shape index (κ3) is 3.21. The maximum absolute atomic E-state index is 14.5. The molecule has 1 aromatic heterocycles. The summed E-state index contributed by atoms with van der Waals surface area (Å²) in [6.07, 6.45) is 1.55. The van der Waals surface area contributed by atoms with Gasteiger partial charge in [-0.1, -0.05) is 11.6 Å². The molecule has 3 rings (SSSR count). The molecule has 0 saturated carbocycles. The first-order valence-corrected chi connectivity index (χ1v) is 7.84. The molecule has 0 aliphatic carbocycles. The van der Waals surface area contributed by atoms with E-state index in [4.69, 9.17) is 23.1 Å². The Labute approximate surface area is 152 Å². The number of amides is 1. The fourth-order valence-corrected chi connectivity index (χ4v) is 3.01. The number of carbonyl (C=O) groups excluding carboxylic acids is 1. The lowest BCUT2D eigenvalue weighted by molar-refractivity contribution is 0.100.